The zero-order chi connectivity index (χ0) is 21.1. The number of amides is 1. The van der Waals surface area contributed by atoms with E-state index in [0.717, 1.165) is 15.8 Å². The number of halogens is 1. The van der Waals surface area contributed by atoms with Gasteiger partial charge >= 0.3 is 0 Å². The highest BCUT2D eigenvalue weighted by molar-refractivity contribution is 9.10. The molecule has 2 heterocycles. The maximum Gasteiger partial charge on any atom is 0.282 e. The van der Waals surface area contributed by atoms with Crippen molar-refractivity contribution in [3.8, 4) is 11.5 Å². The Morgan fingerprint density at radius 2 is 1.93 bits per heavy atom. The number of carbonyl (C=O) groups is 1. The summed E-state index contributed by atoms with van der Waals surface area (Å²) in [7, 11) is 0. The van der Waals surface area contributed by atoms with Crippen LogP contribution >= 0.6 is 15.9 Å². The Morgan fingerprint density at radius 1 is 1.17 bits per heavy atom. The molecule has 0 fully saturated rings. The van der Waals surface area contributed by atoms with Crippen molar-refractivity contribution in [2.24, 2.45) is 4.99 Å². The molecule has 2 aliphatic heterocycles. The van der Waals surface area contributed by atoms with Gasteiger partial charge in [0.2, 0.25) is 0 Å². The fourth-order valence-corrected chi connectivity index (χ4v) is 3.43. The SMILES string of the molecule is CC1=CC2=NC(=O)/C(=C/c3ccc(OCCOc4ccccc4)c(Br)c3)C(=N)N2O1. The predicted molar refractivity (Wildman–Crippen MR) is 116 cm³/mol. The summed E-state index contributed by atoms with van der Waals surface area (Å²) in [6.07, 6.45) is 3.22. The van der Waals surface area contributed by atoms with Crippen molar-refractivity contribution in [2.75, 3.05) is 13.2 Å². The van der Waals surface area contributed by atoms with E-state index in [-0.39, 0.29) is 11.4 Å². The summed E-state index contributed by atoms with van der Waals surface area (Å²) in [6.45, 7) is 2.54. The highest BCUT2D eigenvalue weighted by Gasteiger charge is 2.34. The summed E-state index contributed by atoms with van der Waals surface area (Å²) < 4.78 is 12.1. The topological polar surface area (TPSA) is 84.2 Å². The third-order valence-corrected chi connectivity index (χ3v) is 4.92. The molecule has 8 heteroatoms. The van der Waals surface area contributed by atoms with Gasteiger partial charge in [-0.2, -0.15) is 4.99 Å². The van der Waals surface area contributed by atoms with Crippen molar-refractivity contribution in [2.45, 2.75) is 6.92 Å². The number of carbonyl (C=O) groups excluding carboxylic acids is 1. The molecule has 0 saturated heterocycles. The number of hydroxylamine groups is 2. The molecule has 0 aliphatic carbocycles. The van der Waals surface area contributed by atoms with Crippen molar-refractivity contribution >= 4 is 39.6 Å². The molecular formula is C22H18BrN3O4. The number of rotatable bonds is 6. The van der Waals surface area contributed by atoms with E-state index in [1.807, 2.05) is 36.4 Å². The van der Waals surface area contributed by atoms with Gasteiger partial charge in [0.1, 0.15) is 30.5 Å². The quantitative estimate of drug-likeness (QED) is 0.503. The van der Waals surface area contributed by atoms with Crippen LogP contribution in [-0.2, 0) is 9.63 Å². The smallest absolute Gasteiger partial charge is 0.282 e. The molecule has 4 rings (SSSR count). The summed E-state index contributed by atoms with van der Waals surface area (Å²) in [5.74, 6) is 1.82. The number of amidine groups is 2. The van der Waals surface area contributed by atoms with Crippen molar-refractivity contribution in [3.05, 3.63) is 76.0 Å². The van der Waals surface area contributed by atoms with Gasteiger partial charge in [-0.25, -0.2) is 0 Å². The highest BCUT2D eigenvalue weighted by Crippen LogP contribution is 2.28. The number of para-hydroxylation sites is 1. The van der Waals surface area contributed by atoms with Crippen LogP contribution < -0.4 is 9.47 Å². The Bertz CT molecular complexity index is 1090. The van der Waals surface area contributed by atoms with E-state index in [9.17, 15) is 4.79 Å². The normalized spacial score (nSPS) is 16.7. The van der Waals surface area contributed by atoms with Gasteiger partial charge in [0.25, 0.3) is 5.91 Å². The number of hydrogen-bond donors (Lipinski definition) is 1. The number of fused-ring (bicyclic) bond motifs is 1. The third-order valence-electron chi connectivity index (χ3n) is 4.30. The van der Waals surface area contributed by atoms with Gasteiger partial charge in [0, 0.05) is 6.08 Å². The molecule has 30 heavy (non-hydrogen) atoms. The summed E-state index contributed by atoms with van der Waals surface area (Å²) in [5, 5.41) is 9.51. The van der Waals surface area contributed by atoms with Crippen LogP contribution in [0.1, 0.15) is 12.5 Å². The molecule has 0 atom stereocenters. The van der Waals surface area contributed by atoms with Crippen LogP contribution in [0.4, 0.5) is 0 Å². The summed E-state index contributed by atoms with van der Waals surface area (Å²) >= 11 is 3.49. The van der Waals surface area contributed by atoms with Crippen LogP contribution in [-0.4, -0.2) is 35.9 Å². The van der Waals surface area contributed by atoms with Gasteiger partial charge in [-0.3, -0.25) is 10.2 Å². The van der Waals surface area contributed by atoms with Crippen molar-refractivity contribution in [1.29, 1.82) is 5.41 Å². The first-order valence-electron chi connectivity index (χ1n) is 9.21. The van der Waals surface area contributed by atoms with E-state index in [1.165, 1.54) is 5.06 Å². The number of benzene rings is 2. The average Bonchev–Trinajstić information content (AvgIpc) is 3.11. The average molecular weight is 468 g/mol. The molecule has 2 aromatic rings. The van der Waals surface area contributed by atoms with Crippen molar-refractivity contribution in [3.63, 3.8) is 0 Å². The van der Waals surface area contributed by atoms with E-state index < -0.39 is 5.91 Å². The fourth-order valence-electron chi connectivity index (χ4n) is 2.92. The third kappa shape index (κ3) is 4.28. The Morgan fingerprint density at radius 3 is 2.70 bits per heavy atom. The molecule has 2 aliphatic rings. The van der Waals surface area contributed by atoms with Crippen LogP contribution in [0.5, 0.6) is 11.5 Å². The first-order chi connectivity index (χ1) is 14.5. The molecule has 0 saturated carbocycles. The predicted octanol–water partition coefficient (Wildman–Crippen LogP) is 4.36. The second-order valence-electron chi connectivity index (χ2n) is 6.52. The molecule has 0 aromatic heterocycles. The van der Waals surface area contributed by atoms with Gasteiger partial charge in [0.05, 0.1) is 10.0 Å². The second kappa shape index (κ2) is 8.54. The van der Waals surface area contributed by atoms with E-state index in [1.54, 1.807) is 31.2 Å². The molecule has 0 radical (unpaired) electrons. The van der Waals surface area contributed by atoms with Crippen LogP contribution in [0, 0.1) is 5.41 Å². The van der Waals surface area contributed by atoms with Crippen LogP contribution in [0.15, 0.2) is 75.4 Å². The summed E-state index contributed by atoms with van der Waals surface area (Å²) in [4.78, 5) is 21.8. The minimum Gasteiger partial charge on any atom is -0.490 e. The van der Waals surface area contributed by atoms with Crippen LogP contribution in [0.2, 0.25) is 0 Å². The minimum atomic E-state index is -0.477. The maximum absolute atomic E-state index is 12.3. The van der Waals surface area contributed by atoms with Gasteiger partial charge in [-0.15, -0.1) is 5.06 Å². The number of hydrogen-bond acceptors (Lipinski definition) is 5. The summed E-state index contributed by atoms with van der Waals surface area (Å²) in [6, 6.07) is 14.9. The lowest BCUT2D eigenvalue weighted by Crippen LogP contribution is -2.38. The number of nitrogens with one attached hydrogen (secondary N) is 1. The molecule has 1 amide bonds. The van der Waals surface area contributed by atoms with Gasteiger partial charge < -0.3 is 14.3 Å². The van der Waals surface area contributed by atoms with Crippen LogP contribution in [0.3, 0.4) is 0 Å². The summed E-state index contributed by atoms with van der Waals surface area (Å²) in [5.41, 5.74) is 0.879. The Balaban J connectivity index is 1.41. The second-order valence-corrected chi connectivity index (χ2v) is 7.38. The lowest BCUT2D eigenvalue weighted by Gasteiger charge is -2.23. The Kier molecular flexibility index (Phi) is 5.67. The molecule has 0 unspecified atom stereocenters. The number of allylic oxidation sites excluding steroid dienone is 1. The molecule has 0 spiro atoms. The largest absolute Gasteiger partial charge is 0.490 e. The molecule has 0 bridgehead atoms. The first-order valence-corrected chi connectivity index (χ1v) is 10.0. The Hall–Kier alpha value is -3.39. The lowest BCUT2D eigenvalue weighted by molar-refractivity contribution is -0.114. The molecule has 2 aromatic carbocycles. The number of aliphatic imine (C=N–C) groups is 1. The maximum atomic E-state index is 12.3. The highest BCUT2D eigenvalue weighted by atomic mass is 79.9. The minimum absolute atomic E-state index is 0.0485. The van der Waals surface area contributed by atoms with Gasteiger partial charge in [-0.1, -0.05) is 24.3 Å². The molecule has 152 valence electrons. The van der Waals surface area contributed by atoms with Crippen LogP contribution in [0.25, 0.3) is 6.08 Å². The van der Waals surface area contributed by atoms with E-state index in [0.29, 0.717) is 30.6 Å². The fraction of sp³-hybridized carbons (Fsp3) is 0.136. The zero-order valence-electron chi connectivity index (χ0n) is 16.1. The lowest BCUT2D eigenvalue weighted by atomic mass is 10.1. The number of ether oxygens (including phenoxy) is 2. The Labute approximate surface area is 181 Å². The standard InChI is InChI=1S/C22H18BrN3O4/c1-14-11-20-25-22(27)17(21(24)26(20)30-14)12-15-7-8-19(18(23)13-15)29-10-9-28-16-5-3-2-4-6-16/h2-8,11-13,24H,9-10H2,1H3/b17-12+,24-21?. The molecular weight excluding hydrogens is 450 g/mol. The van der Waals surface area contributed by atoms with E-state index >= 15 is 0 Å². The monoisotopic (exact) mass is 467 g/mol. The van der Waals surface area contributed by atoms with Gasteiger partial charge in [-0.05, 0) is 58.8 Å². The zero-order valence-corrected chi connectivity index (χ0v) is 17.7. The first kappa shape index (κ1) is 19.9. The molecule has 7 nitrogen and oxygen atoms in total. The van der Waals surface area contributed by atoms with E-state index in [2.05, 4.69) is 20.9 Å². The van der Waals surface area contributed by atoms with Crippen molar-refractivity contribution < 1.29 is 19.1 Å². The molecule has 1 N–H and O–H groups in total. The van der Waals surface area contributed by atoms with E-state index in [4.69, 9.17) is 19.7 Å². The number of nitrogens with zero attached hydrogens (tertiary/aromatic N) is 2. The van der Waals surface area contributed by atoms with Gasteiger partial charge in [0.15, 0.2) is 11.7 Å². The van der Waals surface area contributed by atoms with Crippen molar-refractivity contribution in [1.82, 2.24) is 5.06 Å².